The van der Waals surface area contributed by atoms with Gasteiger partial charge in [-0.05, 0) is 61.4 Å². The number of benzene rings is 2. The Morgan fingerprint density at radius 2 is 1.69 bits per heavy atom. The van der Waals surface area contributed by atoms with Crippen molar-refractivity contribution >= 4 is 16.7 Å². The summed E-state index contributed by atoms with van der Waals surface area (Å²) < 4.78 is 46.0. The van der Waals surface area contributed by atoms with Crippen LogP contribution < -0.4 is 0 Å². The van der Waals surface area contributed by atoms with Crippen LogP contribution in [0.5, 0.6) is 0 Å². The van der Waals surface area contributed by atoms with E-state index in [2.05, 4.69) is 0 Å². The third-order valence-electron chi connectivity index (χ3n) is 5.76. The molecule has 1 atom stereocenters. The van der Waals surface area contributed by atoms with E-state index in [1.54, 1.807) is 0 Å². The standard InChI is InChI=1S/C21H23F3O2/c1-3-19(2,21(22,23)24)18(25)26-20(12-6-7-13-20)17-11-10-15-8-4-5-9-16(15)14-17/h4-5,8-11,14H,3,6-7,12-13H2,1-2H3. The Hall–Kier alpha value is -2.04. The molecule has 26 heavy (non-hydrogen) atoms. The molecule has 0 N–H and O–H groups in total. The lowest BCUT2D eigenvalue weighted by atomic mass is 9.85. The predicted molar refractivity (Wildman–Crippen MR) is 94.6 cm³/mol. The molecule has 2 aromatic rings. The average molecular weight is 364 g/mol. The molecule has 0 amide bonds. The number of hydrogen-bond acceptors (Lipinski definition) is 2. The van der Waals surface area contributed by atoms with E-state index in [4.69, 9.17) is 4.74 Å². The first-order chi connectivity index (χ1) is 12.2. The van der Waals surface area contributed by atoms with Crippen LogP contribution in [0.4, 0.5) is 13.2 Å². The summed E-state index contributed by atoms with van der Waals surface area (Å²) in [5.41, 5.74) is -2.68. The van der Waals surface area contributed by atoms with Gasteiger partial charge in [-0.1, -0.05) is 43.3 Å². The van der Waals surface area contributed by atoms with E-state index < -0.39 is 23.2 Å². The van der Waals surface area contributed by atoms with E-state index in [0.29, 0.717) is 12.8 Å². The minimum Gasteiger partial charge on any atom is -0.454 e. The molecule has 1 unspecified atom stereocenters. The summed E-state index contributed by atoms with van der Waals surface area (Å²) in [5, 5.41) is 2.03. The van der Waals surface area contributed by atoms with Crippen LogP contribution in [0.3, 0.4) is 0 Å². The zero-order chi connectivity index (χ0) is 19.0. The highest BCUT2D eigenvalue weighted by Gasteiger charge is 2.58. The van der Waals surface area contributed by atoms with Crippen molar-refractivity contribution in [2.24, 2.45) is 5.41 Å². The van der Waals surface area contributed by atoms with Gasteiger partial charge < -0.3 is 4.74 Å². The quantitative estimate of drug-likeness (QED) is 0.610. The SMILES string of the molecule is CCC(C)(C(=O)OC1(c2ccc3ccccc3c2)CCCC1)C(F)(F)F. The highest BCUT2D eigenvalue weighted by atomic mass is 19.4. The zero-order valence-corrected chi connectivity index (χ0v) is 15.0. The largest absolute Gasteiger partial charge is 0.454 e. The minimum atomic E-state index is -4.64. The van der Waals surface area contributed by atoms with Gasteiger partial charge in [-0.2, -0.15) is 13.2 Å². The van der Waals surface area contributed by atoms with Crippen LogP contribution in [-0.2, 0) is 15.1 Å². The molecule has 1 aliphatic rings. The van der Waals surface area contributed by atoms with E-state index in [1.807, 2.05) is 42.5 Å². The summed E-state index contributed by atoms with van der Waals surface area (Å²) >= 11 is 0. The van der Waals surface area contributed by atoms with Crippen LogP contribution in [0.25, 0.3) is 10.8 Å². The highest BCUT2D eigenvalue weighted by molar-refractivity contribution is 5.83. The predicted octanol–water partition coefficient (Wildman–Crippen LogP) is 6.13. The zero-order valence-electron chi connectivity index (χ0n) is 15.0. The molecule has 1 fully saturated rings. The van der Waals surface area contributed by atoms with E-state index in [1.165, 1.54) is 6.92 Å². The monoisotopic (exact) mass is 364 g/mol. The Morgan fingerprint density at radius 1 is 1.08 bits per heavy atom. The van der Waals surface area contributed by atoms with Crippen LogP contribution >= 0.6 is 0 Å². The fraction of sp³-hybridized carbons (Fsp3) is 0.476. The summed E-state index contributed by atoms with van der Waals surface area (Å²) in [4.78, 5) is 12.6. The second-order valence-electron chi connectivity index (χ2n) is 7.34. The van der Waals surface area contributed by atoms with Gasteiger partial charge in [0.15, 0.2) is 5.41 Å². The molecule has 0 bridgehead atoms. The Balaban J connectivity index is 1.98. The maximum absolute atomic E-state index is 13.5. The number of ether oxygens (including phenoxy) is 1. The summed E-state index contributed by atoms with van der Waals surface area (Å²) in [6.07, 6.45) is -2.22. The fourth-order valence-corrected chi connectivity index (χ4v) is 3.62. The van der Waals surface area contributed by atoms with Gasteiger partial charge in [0.2, 0.25) is 0 Å². The Kier molecular flexibility index (Phi) is 4.76. The second kappa shape index (κ2) is 6.60. The molecule has 0 saturated heterocycles. The van der Waals surface area contributed by atoms with E-state index >= 15 is 0 Å². The topological polar surface area (TPSA) is 26.3 Å². The van der Waals surface area contributed by atoms with Crippen molar-refractivity contribution in [2.75, 3.05) is 0 Å². The summed E-state index contributed by atoms with van der Waals surface area (Å²) in [7, 11) is 0. The normalized spacial score (nSPS) is 19.3. The Bertz CT molecular complexity index is 806. The highest BCUT2D eigenvalue weighted by Crippen LogP contribution is 2.48. The maximum Gasteiger partial charge on any atom is 0.404 e. The second-order valence-corrected chi connectivity index (χ2v) is 7.34. The first-order valence-corrected chi connectivity index (χ1v) is 9.01. The number of hydrogen-bond donors (Lipinski definition) is 0. The molecule has 0 spiro atoms. The number of rotatable bonds is 4. The Labute approximate surface area is 151 Å². The third-order valence-corrected chi connectivity index (χ3v) is 5.76. The van der Waals surface area contributed by atoms with Gasteiger partial charge in [0, 0.05) is 0 Å². The number of alkyl halides is 3. The average Bonchev–Trinajstić information content (AvgIpc) is 3.09. The van der Waals surface area contributed by atoms with Gasteiger partial charge in [-0.25, -0.2) is 0 Å². The Morgan fingerprint density at radius 3 is 2.27 bits per heavy atom. The molecule has 3 rings (SSSR count). The van der Waals surface area contributed by atoms with Crippen LogP contribution in [0.2, 0.25) is 0 Å². The molecule has 1 saturated carbocycles. The number of carbonyl (C=O) groups excluding carboxylic acids is 1. The smallest absolute Gasteiger partial charge is 0.404 e. The van der Waals surface area contributed by atoms with Crippen LogP contribution in [-0.4, -0.2) is 12.1 Å². The maximum atomic E-state index is 13.5. The lowest BCUT2D eigenvalue weighted by molar-refractivity contribution is -0.238. The molecule has 0 radical (unpaired) electrons. The number of halogens is 3. The number of esters is 1. The molecule has 5 heteroatoms. The number of carbonyl (C=O) groups is 1. The van der Waals surface area contributed by atoms with E-state index in [-0.39, 0.29) is 6.42 Å². The van der Waals surface area contributed by atoms with Crippen molar-refractivity contribution in [1.29, 1.82) is 0 Å². The van der Waals surface area contributed by atoms with E-state index in [0.717, 1.165) is 36.1 Å². The lowest BCUT2D eigenvalue weighted by Gasteiger charge is -2.36. The first-order valence-electron chi connectivity index (χ1n) is 9.01. The fourth-order valence-electron chi connectivity index (χ4n) is 3.62. The van der Waals surface area contributed by atoms with Crippen molar-refractivity contribution in [3.63, 3.8) is 0 Å². The van der Waals surface area contributed by atoms with Gasteiger partial charge in [0.05, 0.1) is 0 Å². The molecule has 2 nitrogen and oxygen atoms in total. The van der Waals surface area contributed by atoms with Crippen LogP contribution in [0, 0.1) is 5.41 Å². The van der Waals surface area contributed by atoms with Gasteiger partial charge in [-0.15, -0.1) is 0 Å². The van der Waals surface area contributed by atoms with E-state index in [9.17, 15) is 18.0 Å². The molecule has 2 aromatic carbocycles. The van der Waals surface area contributed by atoms with Crippen molar-refractivity contribution in [3.05, 3.63) is 48.0 Å². The third kappa shape index (κ3) is 3.08. The first kappa shape index (κ1) is 18.7. The summed E-state index contributed by atoms with van der Waals surface area (Å²) in [6.45, 7) is 2.30. The van der Waals surface area contributed by atoms with Gasteiger partial charge in [0.1, 0.15) is 5.60 Å². The number of fused-ring (bicyclic) bond motifs is 1. The van der Waals surface area contributed by atoms with Crippen LogP contribution in [0.15, 0.2) is 42.5 Å². The molecular formula is C21H23F3O2. The van der Waals surface area contributed by atoms with Crippen LogP contribution in [0.1, 0.15) is 51.5 Å². The van der Waals surface area contributed by atoms with Crippen molar-refractivity contribution in [2.45, 2.75) is 57.7 Å². The van der Waals surface area contributed by atoms with Crippen molar-refractivity contribution < 1.29 is 22.7 Å². The van der Waals surface area contributed by atoms with Gasteiger partial charge >= 0.3 is 12.1 Å². The van der Waals surface area contributed by atoms with Gasteiger partial charge in [-0.3, -0.25) is 4.79 Å². The molecule has 0 aliphatic heterocycles. The minimum absolute atomic E-state index is 0.344. The van der Waals surface area contributed by atoms with Crippen molar-refractivity contribution in [3.8, 4) is 0 Å². The van der Waals surface area contributed by atoms with Gasteiger partial charge in [0.25, 0.3) is 0 Å². The molecule has 140 valence electrons. The lowest BCUT2D eigenvalue weighted by Crippen LogP contribution is -2.46. The molecule has 1 aliphatic carbocycles. The summed E-state index contributed by atoms with van der Waals surface area (Å²) in [6, 6.07) is 13.5. The molecule has 0 aromatic heterocycles. The molecule has 0 heterocycles. The molecular weight excluding hydrogens is 341 g/mol. The summed E-state index contributed by atoms with van der Waals surface area (Å²) in [5.74, 6) is -1.18. The van der Waals surface area contributed by atoms with Crippen molar-refractivity contribution in [1.82, 2.24) is 0 Å².